The van der Waals surface area contributed by atoms with E-state index >= 15 is 0 Å². The molecule has 3 aromatic rings. The molecule has 0 saturated carbocycles. The van der Waals surface area contributed by atoms with Crippen LogP contribution in [0.1, 0.15) is 0 Å². The van der Waals surface area contributed by atoms with Gasteiger partial charge in [0.25, 0.3) is 0 Å². The number of ether oxygens (including phenoxy) is 1. The van der Waals surface area contributed by atoms with Gasteiger partial charge in [-0.1, -0.05) is 12.1 Å². The highest BCUT2D eigenvalue weighted by atomic mass is 16.5. The monoisotopic (exact) mass is 252 g/mol. The van der Waals surface area contributed by atoms with E-state index in [4.69, 9.17) is 4.74 Å². The normalized spacial score (nSPS) is 10.4. The molecule has 0 amide bonds. The summed E-state index contributed by atoms with van der Waals surface area (Å²) in [5.41, 5.74) is 1.84. The molecule has 0 atom stereocenters. The third-order valence-electron chi connectivity index (χ3n) is 2.70. The maximum absolute atomic E-state index is 5.10. The van der Waals surface area contributed by atoms with E-state index in [0.717, 1.165) is 11.3 Å². The van der Waals surface area contributed by atoms with Crippen molar-refractivity contribution in [1.82, 2.24) is 19.7 Å². The molecule has 0 aromatic carbocycles. The van der Waals surface area contributed by atoms with Crippen LogP contribution in [-0.4, -0.2) is 26.9 Å². The Morgan fingerprint density at radius 2 is 2.05 bits per heavy atom. The van der Waals surface area contributed by atoms with E-state index in [2.05, 4.69) is 15.1 Å². The zero-order valence-electron chi connectivity index (χ0n) is 10.4. The summed E-state index contributed by atoms with van der Waals surface area (Å²) >= 11 is 0. The number of hydrogen-bond acceptors (Lipinski definition) is 4. The molecule has 3 aromatic heterocycles. The fourth-order valence-corrected chi connectivity index (χ4v) is 1.76. The van der Waals surface area contributed by atoms with Gasteiger partial charge in [-0.3, -0.25) is 4.98 Å². The lowest BCUT2D eigenvalue weighted by Crippen LogP contribution is -1.98. The van der Waals surface area contributed by atoms with Crippen molar-refractivity contribution < 1.29 is 4.74 Å². The van der Waals surface area contributed by atoms with Crippen molar-refractivity contribution in [2.24, 2.45) is 0 Å². The van der Waals surface area contributed by atoms with Crippen LogP contribution < -0.4 is 4.74 Å². The number of rotatable bonds is 3. The molecule has 0 spiro atoms. The molecule has 0 N–H and O–H groups in total. The van der Waals surface area contributed by atoms with E-state index in [1.54, 1.807) is 30.3 Å². The van der Waals surface area contributed by atoms with Crippen LogP contribution in [0.4, 0.5) is 0 Å². The van der Waals surface area contributed by atoms with Crippen molar-refractivity contribution >= 4 is 0 Å². The zero-order chi connectivity index (χ0) is 13.1. The highest BCUT2D eigenvalue weighted by molar-refractivity contribution is 5.57. The van der Waals surface area contributed by atoms with Crippen molar-refractivity contribution in [2.75, 3.05) is 7.11 Å². The second-order valence-electron chi connectivity index (χ2n) is 3.93. The molecule has 0 aliphatic carbocycles. The van der Waals surface area contributed by atoms with E-state index in [9.17, 15) is 0 Å². The second kappa shape index (κ2) is 4.89. The van der Waals surface area contributed by atoms with Crippen LogP contribution >= 0.6 is 0 Å². The van der Waals surface area contributed by atoms with E-state index in [1.807, 2.05) is 36.5 Å². The summed E-state index contributed by atoms with van der Waals surface area (Å²) in [6, 6.07) is 11.3. The maximum atomic E-state index is 5.10. The average molecular weight is 252 g/mol. The van der Waals surface area contributed by atoms with Crippen molar-refractivity contribution in [1.29, 1.82) is 0 Å². The lowest BCUT2D eigenvalue weighted by Gasteiger charge is -2.02. The van der Waals surface area contributed by atoms with Gasteiger partial charge in [-0.05, 0) is 18.2 Å². The van der Waals surface area contributed by atoms with E-state index in [1.165, 1.54) is 0 Å². The van der Waals surface area contributed by atoms with Gasteiger partial charge in [0, 0.05) is 24.0 Å². The second-order valence-corrected chi connectivity index (χ2v) is 3.93. The highest BCUT2D eigenvalue weighted by Crippen LogP contribution is 2.17. The molecule has 19 heavy (non-hydrogen) atoms. The fraction of sp³-hybridized carbons (Fsp3) is 0.0714. The fourth-order valence-electron chi connectivity index (χ4n) is 1.76. The van der Waals surface area contributed by atoms with Gasteiger partial charge in [0.05, 0.1) is 19.0 Å². The maximum Gasteiger partial charge on any atom is 0.214 e. The molecule has 0 radical (unpaired) electrons. The van der Waals surface area contributed by atoms with Crippen molar-refractivity contribution in [3.8, 4) is 23.0 Å². The molecule has 0 aliphatic rings. The molecular formula is C14H12N4O. The molecule has 5 heteroatoms. The average Bonchev–Trinajstić information content (AvgIpc) is 2.98. The number of aromatic nitrogens is 4. The quantitative estimate of drug-likeness (QED) is 0.718. The smallest absolute Gasteiger partial charge is 0.214 e. The summed E-state index contributed by atoms with van der Waals surface area (Å²) in [5.74, 6) is 1.27. The largest absolute Gasteiger partial charge is 0.481 e. The van der Waals surface area contributed by atoms with Crippen LogP contribution in [0.15, 0.2) is 55.0 Å². The molecule has 0 fully saturated rings. The van der Waals surface area contributed by atoms with Crippen molar-refractivity contribution in [3.63, 3.8) is 0 Å². The Hall–Kier alpha value is -2.69. The van der Waals surface area contributed by atoms with Crippen LogP contribution in [0.2, 0.25) is 0 Å². The first-order valence-electron chi connectivity index (χ1n) is 5.84. The predicted molar refractivity (Wildman–Crippen MR) is 71.1 cm³/mol. The Balaban J connectivity index is 1.97. The Labute approximate surface area is 110 Å². The molecule has 5 nitrogen and oxygen atoms in total. The van der Waals surface area contributed by atoms with E-state index in [-0.39, 0.29) is 0 Å². The zero-order valence-corrected chi connectivity index (χ0v) is 10.4. The number of hydrogen-bond donors (Lipinski definition) is 0. The molecule has 0 bridgehead atoms. The molecule has 0 aliphatic heterocycles. The van der Waals surface area contributed by atoms with Crippen LogP contribution in [0.25, 0.3) is 17.1 Å². The van der Waals surface area contributed by atoms with Gasteiger partial charge in [0.15, 0.2) is 5.82 Å². The summed E-state index contributed by atoms with van der Waals surface area (Å²) in [6.07, 6.45) is 5.42. The Morgan fingerprint density at radius 1 is 1.11 bits per heavy atom. The molecule has 3 heterocycles. The first-order chi connectivity index (χ1) is 9.36. The summed E-state index contributed by atoms with van der Waals surface area (Å²) in [7, 11) is 1.59. The van der Waals surface area contributed by atoms with Crippen LogP contribution in [0, 0.1) is 0 Å². The van der Waals surface area contributed by atoms with Gasteiger partial charge < -0.3 is 4.74 Å². The topological polar surface area (TPSA) is 52.8 Å². The predicted octanol–water partition coefficient (Wildman–Crippen LogP) is 2.34. The van der Waals surface area contributed by atoms with Gasteiger partial charge in [0.2, 0.25) is 5.88 Å². The van der Waals surface area contributed by atoms with Gasteiger partial charge in [-0.2, -0.15) is 10.1 Å². The highest BCUT2D eigenvalue weighted by Gasteiger charge is 2.05. The van der Waals surface area contributed by atoms with Crippen LogP contribution in [-0.2, 0) is 0 Å². The van der Waals surface area contributed by atoms with Crippen molar-refractivity contribution in [2.45, 2.75) is 0 Å². The molecule has 3 rings (SSSR count). The standard InChI is InChI=1S/C14H12N4O/c1-19-14-7-4-6-13(17-14)18-10-11(9-16-18)12-5-2-3-8-15-12/h2-10H,1H3. The minimum atomic E-state index is 0.562. The minimum Gasteiger partial charge on any atom is -0.481 e. The SMILES string of the molecule is COc1cccc(-n2cc(-c3ccccn3)cn2)n1. The summed E-state index contributed by atoms with van der Waals surface area (Å²) in [4.78, 5) is 8.62. The lowest BCUT2D eigenvalue weighted by atomic mass is 10.2. The first-order valence-corrected chi connectivity index (χ1v) is 5.84. The van der Waals surface area contributed by atoms with Crippen LogP contribution in [0.5, 0.6) is 5.88 Å². The van der Waals surface area contributed by atoms with Gasteiger partial charge in [-0.25, -0.2) is 4.68 Å². The molecule has 94 valence electrons. The van der Waals surface area contributed by atoms with E-state index in [0.29, 0.717) is 11.7 Å². The van der Waals surface area contributed by atoms with E-state index < -0.39 is 0 Å². The van der Waals surface area contributed by atoms with Gasteiger partial charge >= 0.3 is 0 Å². The summed E-state index contributed by atoms with van der Waals surface area (Å²) in [6.45, 7) is 0. The molecular weight excluding hydrogens is 240 g/mol. The first kappa shape index (κ1) is 11.4. The Morgan fingerprint density at radius 3 is 2.84 bits per heavy atom. The van der Waals surface area contributed by atoms with Crippen LogP contribution in [0.3, 0.4) is 0 Å². The third-order valence-corrected chi connectivity index (χ3v) is 2.70. The van der Waals surface area contributed by atoms with Gasteiger partial charge in [0.1, 0.15) is 0 Å². The molecule has 0 saturated heterocycles. The molecule has 0 unspecified atom stereocenters. The van der Waals surface area contributed by atoms with Gasteiger partial charge in [-0.15, -0.1) is 0 Å². The summed E-state index contributed by atoms with van der Waals surface area (Å²) < 4.78 is 6.80. The van der Waals surface area contributed by atoms with Crippen molar-refractivity contribution in [3.05, 3.63) is 55.0 Å². The Kier molecular flexibility index (Phi) is 2.94. The number of nitrogens with zero attached hydrogens (tertiary/aromatic N) is 4. The minimum absolute atomic E-state index is 0.562. The third kappa shape index (κ3) is 2.30. The lowest BCUT2D eigenvalue weighted by molar-refractivity contribution is 0.397. The Bertz CT molecular complexity index is 679. The number of pyridine rings is 2. The summed E-state index contributed by atoms with van der Waals surface area (Å²) in [5, 5.41) is 4.30. The number of methoxy groups -OCH3 is 1.